The average Bonchev–Trinajstić information content (AvgIpc) is 2.24. The first-order valence-corrected chi connectivity index (χ1v) is 5.16. The third-order valence-electron chi connectivity index (χ3n) is 1.91. The molecule has 0 spiro atoms. The van der Waals surface area contributed by atoms with Gasteiger partial charge in [-0.15, -0.1) is 0 Å². The van der Waals surface area contributed by atoms with Crippen LogP contribution in [0.25, 0.3) is 0 Å². The van der Waals surface area contributed by atoms with Crippen molar-refractivity contribution < 1.29 is 23.4 Å². The van der Waals surface area contributed by atoms with Gasteiger partial charge < -0.3 is 10.2 Å². The molecule has 0 amide bonds. The molecule has 0 bridgehead atoms. The molecule has 0 aliphatic heterocycles. The highest BCUT2D eigenvalue weighted by atomic mass is 79.9. The summed E-state index contributed by atoms with van der Waals surface area (Å²) in [4.78, 5) is 0. The van der Waals surface area contributed by atoms with Crippen LogP contribution in [0.1, 0.15) is 11.7 Å². The highest BCUT2D eigenvalue weighted by Gasteiger charge is 2.23. The van der Waals surface area contributed by atoms with Crippen molar-refractivity contribution in [2.24, 2.45) is 0 Å². The first-order valence-electron chi connectivity index (χ1n) is 4.04. The van der Waals surface area contributed by atoms with Crippen molar-refractivity contribution >= 4 is 15.9 Å². The molecule has 0 fully saturated rings. The number of aliphatic hydroxyl groups excluding tert-OH is 2. The second-order valence-corrected chi connectivity index (χ2v) is 3.58. The lowest BCUT2D eigenvalue weighted by molar-refractivity contribution is 0.0314. The van der Waals surface area contributed by atoms with Crippen LogP contribution in [0, 0.1) is 17.5 Å². The van der Waals surface area contributed by atoms with E-state index in [1.807, 2.05) is 0 Å². The van der Waals surface area contributed by atoms with Crippen molar-refractivity contribution in [1.82, 2.24) is 0 Å². The minimum Gasteiger partial charge on any atom is -0.389 e. The summed E-state index contributed by atoms with van der Waals surface area (Å²) in [7, 11) is 0. The van der Waals surface area contributed by atoms with Crippen LogP contribution in [-0.4, -0.2) is 21.6 Å². The van der Waals surface area contributed by atoms with E-state index in [-0.39, 0.29) is 5.33 Å². The molecule has 2 nitrogen and oxygen atoms in total. The summed E-state index contributed by atoms with van der Waals surface area (Å²) in [6, 6.07) is 1.59. The average molecular weight is 285 g/mol. The Bertz CT molecular complexity index is 359. The molecule has 84 valence electrons. The minimum atomic E-state index is -1.66. The van der Waals surface area contributed by atoms with Crippen LogP contribution in [0.4, 0.5) is 13.2 Å². The topological polar surface area (TPSA) is 40.5 Å². The van der Waals surface area contributed by atoms with Gasteiger partial charge in [0.2, 0.25) is 0 Å². The van der Waals surface area contributed by atoms with Crippen molar-refractivity contribution in [3.8, 4) is 0 Å². The maximum Gasteiger partial charge on any atom is 0.194 e. The fraction of sp³-hybridized carbons (Fsp3) is 0.333. The van der Waals surface area contributed by atoms with Gasteiger partial charge in [0.05, 0.1) is 6.10 Å². The van der Waals surface area contributed by atoms with Gasteiger partial charge >= 0.3 is 0 Å². The van der Waals surface area contributed by atoms with Crippen LogP contribution in [0.15, 0.2) is 12.1 Å². The summed E-state index contributed by atoms with van der Waals surface area (Å²) in [5.74, 6) is -4.48. The van der Waals surface area contributed by atoms with Gasteiger partial charge in [0, 0.05) is 10.9 Å². The molecule has 1 aromatic rings. The Hall–Kier alpha value is -0.590. The van der Waals surface area contributed by atoms with Crippen molar-refractivity contribution in [1.29, 1.82) is 0 Å². The number of halogens is 4. The molecular formula is C9H8BrF3O2. The smallest absolute Gasteiger partial charge is 0.194 e. The Morgan fingerprint density at radius 1 is 1.13 bits per heavy atom. The van der Waals surface area contributed by atoms with Crippen LogP contribution >= 0.6 is 15.9 Å². The Labute approximate surface area is 92.5 Å². The number of alkyl halides is 1. The molecule has 0 saturated heterocycles. The monoisotopic (exact) mass is 284 g/mol. The Morgan fingerprint density at radius 2 is 1.73 bits per heavy atom. The lowest BCUT2D eigenvalue weighted by Gasteiger charge is -2.16. The van der Waals surface area contributed by atoms with E-state index in [0.29, 0.717) is 6.07 Å². The third kappa shape index (κ3) is 2.50. The van der Waals surface area contributed by atoms with Crippen LogP contribution in [0.3, 0.4) is 0 Å². The highest BCUT2D eigenvalue weighted by molar-refractivity contribution is 9.09. The predicted octanol–water partition coefficient (Wildman–Crippen LogP) is 1.89. The number of rotatable bonds is 3. The minimum absolute atomic E-state index is 0.00734. The largest absolute Gasteiger partial charge is 0.389 e. The van der Waals surface area contributed by atoms with Gasteiger partial charge in [0.15, 0.2) is 17.5 Å². The Kier molecular flexibility index (Phi) is 4.12. The van der Waals surface area contributed by atoms with Gasteiger partial charge in [-0.1, -0.05) is 22.0 Å². The van der Waals surface area contributed by atoms with Crippen LogP contribution in [0.5, 0.6) is 0 Å². The molecule has 15 heavy (non-hydrogen) atoms. The first kappa shape index (κ1) is 12.5. The standard InChI is InChI=1S/C9H8BrF3O2/c10-3-6(14)9(15)4-1-2-5(11)8(13)7(4)12/h1-2,6,9,14-15H,3H2. The Morgan fingerprint density at radius 3 is 2.27 bits per heavy atom. The van der Waals surface area contributed by atoms with E-state index in [9.17, 15) is 23.4 Å². The molecule has 0 saturated carbocycles. The highest BCUT2D eigenvalue weighted by Crippen LogP contribution is 2.24. The van der Waals surface area contributed by atoms with Gasteiger partial charge in [-0.3, -0.25) is 0 Å². The van der Waals surface area contributed by atoms with E-state index < -0.39 is 35.2 Å². The van der Waals surface area contributed by atoms with Crippen LogP contribution < -0.4 is 0 Å². The lowest BCUT2D eigenvalue weighted by atomic mass is 10.0. The maximum atomic E-state index is 13.1. The quantitative estimate of drug-likeness (QED) is 0.657. The summed E-state index contributed by atoms with van der Waals surface area (Å²) < 4.78 is 38.4. The SMILES string of the molecule is OC(CBr)C(O)c1ccc(F)c(F)c1F. The van der Waals surface area contributed by atoms with Gasteiger partial charge in [0.25, 0.3) is 0 Å². The van der Waals surface area contributed by atoms with Crippen molar-refractivity contribution in [2.45, 2.75) is 12.2 Å². The summed E-state index contributed by atoms with van der Waals surface area (Å²) >= 11 is 2.87. The number of hydrogen-bond acceptors (Lipinski definition) is 2. The molecule has 0 aromatic heterocycles. The summed E-state index contributed by atoms with van der Waals surface area (Å²) in [6.45, 7) is 0. The van der Waals surface area contributed by atoms with E-state index in [1.54, 1.807) is 0 Å². The predicted molar refractivity (Wildman–Crippen MR) is 51.1 cm³/mol. The van der Waals surface area contributed by atoms with E-state index in [1.165, 1.54) is 0 Å². The number of benzene rings is 1. The fourth-order valence-electron chi connectivity index (χ4n) is 1.06. The first-order chi connectivity index (χ1) is 6.99. The molecule has 1 rings (SSSR count). The van der Waals surface area contributed by atoms with Gasteiger partial charge in [-0.25, -0.2) is 13.2 Å². The van der Waals surface area contributed by atoms with Crippen molar-refractivity contribution in [3.63, 3.8) is 0 Å². The maximum absolute atomic E-state index is 13.1. The molecule has 1 aromatic carbocycles. The van der Waals surface area contributed by atoms with Gasteiger partial charge in [0.1, 0.15) is 6.10 Å². The summed E-state index contributed by atoms with van der Waals surface area (Å²) in [5.41, 5.74) is -0.471. The lowest BCUT2D eigenvalue weighted by Crippen LogP contribution is -2.21. The third-order valence-corrected chi connectivity index (χ3v) is 2.57. The molecule has 2 atom stereocenters. The number of hydrogen-bond donors (Lipinski definition) is 2. The molecule has 2 N–H and O–H groups in total. The fourth-order valence-corrected chi connectivity index (χ4v) is 1.42. The summed E-state index contributed by atoms with van der Waals surface area (Å²) in [5, 5.41) is 18.6. The molecular weight excluding hydrogens is 277 g/mol. The normalized spacial score (nSPS) is 15.1. The van der Waals surface area contributed by atoms with Crippen molar-refractivity contribution in [2.75, 3.05) is 5.33 Å². The van der Waals surface area contributed by atoms with Crippen molar-refractivity contribution in [3.05, 3.63) is 35.1 Å². The van der Waals surface area contributed by atoms with Crippen LogP contribution in [0.2, 0.25) is 0 Å². The van der Waals surface area contributed by atoms with Gasteiger partial charge in [-0.05, 0) is 6.07 Å². The van der Waals surface area contributed by atoms with E-state index in [2.05, 4.69) is 15.9 Å². The molecule has 2 unspecified atom stereocenters. The Balaban J connectivity index is 3.10. The summed E-state index contributed by atoms with van der Waals surface area (Å²) in [6.07, 6.45) is -2.89. The second-order valence-electron chi connectivity index (χ2n) is 2.93. The van der Waals surface area contributed by atoms with E-state index >= 15 is 0 Å². The van der Waals surface area contributed by atoms with E-state index in [0.717, 1.165) is 6.07 Å². The molecule has 0 aliphatic rings. The zero-order valence-electron chi connectivity index (χ0n) is 7.42. The van der Waals surface area contributed by atoms with Gasteiger partial charge in [-0.2, -0.15) is 0 Å². The van der Waals surface area contributed by atoms with Crippen LogP contribution in [-0.2, 0) is 0 Å². The molecule has 0 radical (unpaired) electrons. The molecule has 6 heteroatoms. The second kappa shape index (κ2) is 4.96. The molecule has 0 heterocycles. The number of aliphatic hydroxyl groups is 2. The van der Waals surface area contributed by atoms with E-state index in [4.69, 9.17) is 0 Å². The zero-order chi connectivity index (χ0) is 11.6. The zero-order valence-corrected chi connectivity index (χ0v) is 9.01. The molecule has 0 aliphatic carbocycles.